The minimum atomic E-state index is -3.85. The molecule has 82 valence electrons. The zero-order valence-corrected chi connectivity index (χ0v) is 9.73. The van der Waals surface area contributed by atoms with Gasteiger partial charge in [0.15, 0.2) is 0 Å². The average molecular weight is 233 g/mol. The van der Waals surface area contributed by atoms with E-state index in [0.717, 1.165) is 0 Å². The summed E-state index contributed by atoms with van der Waals surface area (Å²) in [6, 6.07) is 0. The van der Waals surface area contributed by atoms with Crippen molar-refractivity contribution >= 4 is 39.9 Å². The molecule has 6 heteroatoms. The molecule has 0 spiro atoms. The summed E-state index contributed by atoms with van der Waals surface area (Å²) >= 11 is 0. The van der Waals surface area contributed by atoms with E-state index >= 15 is 0 Å². The second-order valence-corrected chi connectivity index (χ2v) is 6.23. The van der Waals surface area contributed by atoms with Gasteiger partial charge in [0.1, 0.15) is 0 Å². The fourth-order valence-corrected chi connectivity index (χ4v) is 2.31. The molecule has 0 atom stereocenters. The standard InChI is InChI=1S/C8H19NO3S.Na.H/c1-7(2,3)6-8(4,5)12-13(9,10)11;;/h6H2,1-5H3,(H2,9,10,11);;. The second kappa shape index (κ2) is 5.27. The summed E-state index contributed by atoms with van der Waals surface area (Å²) < 4.78 is 26.1. The van der Waals surface area contributed by atoms with E-state index in [9.17, 15) is 8.42 Å². The van der Waals surface area contributed by atoms with E-state index in [-0.39, 0.29) is 35.0 Å². The van der Waals surface area contributed by atoms with Crippen LogP contribution in [0.3, 0.4) is 0 Å². The Morgan fingerprint density at radius 3 is 1.71 bits per heavy atom. The molecule has 0 aromatic heterocycles. The van der Waals surface area contributed by atoms with Gasteiger partial charge >= 0.3 is 39.9 Å². The maximum atomic E-state index is 10.7. The maximum absolute atomic E-state index is 10.7. The predicted molar refractivity (Wildman–Crippen MR) is 59.5 cm³/mol. The Bertz CT molecular complexity index is 267. The van der Waals surface area contributed by atoms with Crippen molar-refractivity contribution in [1.82, 2.24) is 0 Å². The van der Waals surface area contributed by atoms with Gasteiger partial charge in [-0.3, -0.25) is 4.18 Å². The number of nitrogens with two attached hydrogens (primary N) is 1. The molecule has 0 aliphatic rings. The molecule has 0 saturated heterocycles. The van der Waals surface area contributed by atoms with Crippen molar-refractivity contribution in [2.75, 3.05) is 0 Å². The van der Waals surface area contributed by atoms with Crippen molar-refractivity contribution in [3.05, 3.63) is 0 Å². The third-order valence-electron chi connectivity index (χ3n) is 1.30. The van der Waals surface area contributed by atoms with Gasteiger partial charge in [-0.2, -0.15) is 8.42 Å². The van der Waals surface area contributed by atoms with Crippen molar-refractivity contribution in [3.63, 3.8) is 0 Å². The van der Waals surface area contributed by atoms with Crippen LogP contribution in [0.4, 0.5) is 0 Å². The van der Waals surface area contributed by atoms with Crippen LogP contribution >= 0.6 is 0 Å². The normalized spacial score (nSPS) is 13.6. The van der Waals surface area contributed by atoms with Crippen molar-refractivity contribution in [2.45, 2.75) is 46.6 Å². The Balaban J connectivity index is 0. The molecule has 0 rings (SSSR count). The first-order chi connectivity index (χ1) is 5.41. The molecular formula is C8H20NNaO3S. The summed E-state index contributed by atoms with van der Waals surface area (Å²) in [7, 11) is -3.85. The summed E-state index contributed by atoms with van der Waals surface area (Å²) in [6.07, 6.45) is 0.621. The van der Waals surface area contributed by atoms with E-state index in [1.807, 2.05) is 20.8 Å². The van der Waals surface area contributed by atoms with Crippen LogP contribution in [-0.4, -0.2) is 43.6 Å². The summed E-state index contributed by atoms with van der Waals surface area (Å²) in [4.78, 5) is 0. The van der Waals surface area contributed by atoms with Crippen molar-refractivity contribution in [3.8, 4) is 0 Å². The van der Waals surface area contributed by atoms with Gasteiger partial charge in [0.2, 0.25) is 0 Å². The van der Waals surface area contributed by atoms with E-state index in [0.29, 0.717) is 6.42 Å². The third-order valence-corrected chi connectivity index (χ3v) is 1.98. The van der Waals surface area contributed by atoms with Gasteiger partial charge in [0.25, 0.3) is 0 Å². The summed E-state index contributed by atoms with van der Waals surface area (Å²) in [5.41, 5.74) is -0.736. The van der Waals surface area contributed by atoms with Crippen LogP contribution in [0.5, 0.6) is 0 Å². The molecule has 0 aliphatic carbocycles. The van der Waals surface area contributed by atoms with Crippen molar-refractivity contribution in [1.29, 1.82) is 0 Å². The van der Waals surface area contributed by atoms with Gasteiger partial charge in [0.05, 0.1) is 5.60 Å². The molecule has 14 heavy (non-hydrogen) atoms. The Hall–Kier alpha value is 0.870. The Kier molecular flexibility index (Phi) is 6.51. The fourth-order valence-electron chi connectivity index (χ4n) is 1.62. The zero-order valence-electron chi connectivity index (χ0n) is 8.92. The predicted octanol–water partition coefficient (Wildman–Crippen LogP) is 0.773. The van der Waals surface area contributed by atoms with Gasteiger partial charge in [-0.1, -0.05) is 20.8 Å². The molecule has 0 unspecified atom stereocenters. The average Bonchev–Trinajstić information content (AvgIpc) is 1.43. The van der Waals surface area contributed by atoms with E-state index in [4.69, 9.17) is 9.32 Å². The van der Waals surface area contributed by atoms with Gasteiger partial charge in [-0.05, 0) is 25.7 Å². The quantitative estimate of drug-likeness (QED) is 0.732. The van der Waals surface area contributed by atoms with Gasteiger partial charge in [-0.15, -0.1) is 0 Å². The monoisotopic (exact) mass is 233 g/mol. The molecule has 0 aromatic carbocycles. The first-order valence-electron chi connectivity index (χ1n) is 4.15. The number of hydrogen-bond donors (Lipinski definition) is 1. The molecule has 4 nitrogen and oxygen atoms in total. The molecule has 0 bridgehead atoms. The molecule has 0 saturated carbocycles. The Morgan fingerprint density at radius 1 is 1.14 bits per heavy atom. The number of hydrogen-bond acceptors (Lipinski definition) is 3. The summed E-state index contributed by atoms with van der Waals surface area (Å²) in [5.74, 6) is 0. The van der Waals surface area contributed by atoms with Crippen molar-refractivity contribution in [2.24, 2.45) is 10.6 Å². The third kappa shape index (κ3) is 10.9. The number of rotatable bonds is 3. The molecule has 0 heterocycles. The molecule has 0 aliphatic heterocycles. The van der Waals surface area contributed by atoms with Crippen LogP contribution in [0.1, 0.15) is 41.0 Å². The molecule has 2 N–H and O–H groups in total. The Labute approximate surface area is 109 Å². The molecule has 0 radical (unpaired) electrons. The molecule has 0 amide bonds. The molecular weight excluding hydrogens is 213 g/mol. The molecule has 0 aromatic rings. The van der Waals surface area contributed by atoms with E-state index < -0.39 is 15.9 Å². The zero-order chi connectivity index (χ0) is 10.9. The van der Waals surface area contributed by atoms with Crippen LogP contribution < -0.4 is 5.14 Å². The molecule has 0 fully saturated rings. The van der Waals surface area contributed by atoms with Crippen LogP contribution in [0.2, 0.25) is 0 Å². The fraction of sp³-hybridized carbons (Fsp3) is 1.00. The Morgan fingerprint density at radius 2 is 1.50 bits per heavy atom. The summed E-state index contributed by atoms with van der Waals surface area (Å²) in [5, 5.41) is 4.79. The summed E-state index contributed by atoms with van der Waals surface area (Å²) in [6.45, 7) is 9.47. The van der Waals surface area contributed by atoms with Gasteiger partial charge in [0, 0.05) is 0 Å². The van der Waals surface area contributed by atoms with Gasteiger partial charge in [-0.25, -0.2) is 5.14 Å². The topological polar surface area (TPSA) is 69.4 Å². The van der Waals surface area contributed by atoms with Crippen LogP contribution in [0.15, 0.2) is 0 Å². The first-order valence-corrected chi connectivity index (χ1v) is 5.62. The second-order valence-electron chi connectivity index (χ2n) is 5.07. The minimum absolute atomic E-state index is 0. The van der Waals surface area contributed by atoms with Crippen LogP contribution in [0, 0.1) is 5.41 Å². The van der Waals surface area contributed by atoms with Gasteiger partial charge < -0.3 is 0 Å². The van der Waals surface area contributed by atoms with E-state index in [1.54, 1.807) is 13.8 Å². The van der Waals surface area contributed by atoms with E-state index in [2.05, 4.69) is 0 Å². The first kappa shape index (κ1) is 17.3. The van der Waals surface area contributed by atoms with Crippen LogP contribution in [0.25, 0.3) is 0 Å². The van der Waals surface area contributed by atoms with E-state index in [1.165, 1.54) is 0 Å². The SMILES string of the molecule is CC(C)(C)CC(C)(C)OS(N)(=O)=O.[NaH]. The van der Waals surface area contributed by atoms with Crippen LogP contribution in [-0.2, 0) is 14.5 Å². The van der Waals surface area contributed by atoms with Crippen molar-refractivity contribution < 1.29 is 12.6 Å².